The Morgan fingerprint density at radius 2 is 1.86 bits per heavy atom. The van der Waals surface area contributed by atoms with Gasteiger partial charge in [-0.15, -0.1) is 0 Å². The summed E-state index contributed by atoms with van der Waals surface area (Å²) < 4.78 is 18.7. The van der Waals surface area contributed by atoms with Crippen molar-refractivity contribution in [3.8, 4) is 6.07 Å². The van der Waals surface area contributed by atoms with E-state index in [1.165, 1.54) is 11.3 Å². The number of aliphatic imine (C=N–C) groups is 1. The van der Waals surface area contributed by atoms with Gasteiger partial charge in [-0.2, -0.15) is 10.4 Å². The Morgan fingerprint density at radius 3 is 2.49 bits per heavy atom. The molecule has 0 saturated carbocycles. The number of allylic oxidation sites excluding steroid dienone is 1. The summed E-state index contributed by atoms with van der Waals surface area (Å²) in [4.78, 5) is 3.99. The van der Waals surface area contributed by atoms with Gasteiger partial charge < -0.3 is 19.9 Å². The number of hydrazone groups is 1. The Hall–Kier alpha value is -3.77. The van der Waals surface area contributed by atoms with Crippen LogP contribution in [0.3, 0.4) is 0 Å². The monoisotopic (exact) mass is 471 g/mol. The third-order valence-corrected chi connectivity index (χ3v) is 5.96. The molecule has 2 aliphatic rings. The zero-order valence-corrected chi connectivity index (χ0v) is 19.7. The van der Waals surface area contributed by atoms with Gasteiger partial charge in [-0.1, -0.05) is 73.3 Å². The van der Waals surface area contributed by atoms with Crippen LogP contribution in [0.2, 0.25) is 0 Å². The van der Waals surface area contributed by atoms with Crippen molar-refractivity contribution in [2.75, 3.05) is 6.61 Å². The smallest absolute Gasteiger partial charge is 0.222 e. The van der Waals surface area contributed by atoms with Crippen molar-refractivity contribution in [1.82, 2.24) is 5.01 Å². The van der Waals surface area contributed by atoms with Crippen LogP contribution in [-0.4, -0.2) is 41.6 Å². The van der Waals surface area contributed by atoms with E-state index in [0.29, 0.717) is 37.6 Å². The highest BCUT2D eigenvalue weighted by molar-refractivity contribution is 6.01. The van der Waals surface area contributed by atoms with Crippen LogP contribution < -0.4 is 5.73 Å². The summed E-state index contributed by atoms with van der Waals surface area (Å²) in [5.74, 6) is 0.218. The summed E-state index contributed by atoms with van der Waals surface area (Å²) in [5, 5.41) is 16.3. The predicted molar refractivity (Wildman–Crippen MR) is 134 cm³/mol. The molecule has 2 heterocycles. The van der Waals surface area contributed by atoms with Gasteiger partial charge in [-0.3, -0.25) is 0 Å². The van der Waals surface area contributed by atoms with Crippen LogP contribution in [0.4, 0.5) is 0 Å². The maximum atomic E-state index is 10.5. The highest BCUT2D eigenvalue weighted by atomic mass is 16.6. The maximum Gasteiger partial charge on any atom is 0.222 e. The fourth-order valence-electron chi connectivity index (χ4n) is 4.21. The first-order valence-electron chi connectivity index (χ1n) is 11.5. The molecule has 3 atom stereocenters. The number of nitrogens with zero attached hydrogens (tertiary/aromatic N) is 4. The summed E-state index contributed by atoms with van der Waals surface area (Å²) in [6, 6.07) is 22.1. The average Bonchev–Trinajstić information content (AvgIpc) is 3.25. The molecule has 2 aliphatic heterocycles. The van der Waals surface area contributed by atoms with Gasteiger partial charge in [-0.25, -0.2) is 10.0 Å². The summed E-state index contributed by atoms with van der Waals surface area (Å²) >= 11 is 0. The molecular formula is C27H29N5O3. The molecule has 0 spiro atoms. The number of hydrogen-bond donors (Lipinski definition) is 1. The molecule has 0 aliphatic carbocycles. The molecule has 35 heavy (non-hydrogen) atoms. The number of hydrogen-bond acceptors (Lipinski definition) is 8. The third kappa shape index (κ3) is 5.33. The fraction of sp³-hybridized carbons (Fsp3) is 0.296. The summed E-state index contributed by atoms with van der Waals surface area (Å²) in [6.45, 7) is 6.90. The zero-order valence-electron chi connectivity index (χ0n) is 19.7. The van der Waals surface area contributed by atoms with Crippen molar-refractivity contribution in [1.29, 1.82) is 5.26 Å². The molecule has 4 rings (SSSR count). The lowest BCUT2D eigenvalue weighted by atomic mass is 9.92. The molecule has 180 valence electrons. The number of ether oxygens (including phenoxy) is 3. The van der Waals surface area contributed by atoms with Crippen molar-refractivity contribution in [3.05, 3.63) is 95.8 Å². The molecule has 0 amide bonds. The second kappa shape index (κ2) is 11.1. The van der Waals surface area contributed by atoms with Crippen molar-refractivity contribution in [3.63, 3.8) is 0 Å². The first kappa shape index (κ1) is 24.4. The normalized spacial score (nSPS) is 24.3. The van der Waals surface area contributed by atoms with Crippen LogP contribution in [0.25, 0.3) is 0 Å². The summed E-state index contributed by atoms with van der Waals surface area (Å²) in [6.07, 6.45) is 2.64. The average molecular weight is 472 g/mol. The topological polar surface area (TPSA) is 105 Å². The Balaban J connectivity index is 1.56. The first-order valence-corrected chi connectivity index (χ1v) is 11.5. The molecule has 1 unspecified atom stereocenters. The molecule has 1 fully saturated rings. The standard InChI is InChI=1S/C27H29N5O3/c1-3-24(32-20(2)26(29)30-19-31-32)27(18-28)25(34-16-22-12-8-5-9-13-22)14-23(35-27)17-33-15-21-10-6-4-7-11-21/h3-13,19,23,25H,2,14-17H2,1H3,(H2,29,30,31)/b24-3-/t23-,25+,27?/m0/s1. The SMILES string of the molecule is C=C1C(N)=NC=NN1/C(=C\C)C1(C#N)O[C@H](COCc2ccccc2)C[C@H]1OCc1ccccc1. The number of amidine groups is 1. The number of rotatable bonds is 9. The van der Waals surface area contributed by atoms with E-state index in [4.69, 9.17) is 19.9 Å². The van der Waals surface area contributed by atoms with Crippen LogP contribution >= 0.6 is 0 Å². The van der Waals surface area contributed by atoms with Crippen LogP contribution in [0.1, 0.15) is 24.5 Å². The lowest BCUT2D eigenvalue weighted by molar-refractivity contribution is -0.0765. The lowest BCUT2D eigenvalue weighted by Crippen LogP contribution is -2.47. The van der Waals surface area contributed by atoms with E-state index in [0.717, 1.165) is 11.1 Å². The molecule has 1 saturated heterocycles. The van der Waals surface area contributed by atoms with Gasteiger partial charge in [0, 0.05) is 6.42 Å². The van der Waals surface area contributed by atoms with Crippen molar-refractivity contribution >= 4 is 12.2 Å². The van der Waals surface area contributed by atoms with Gasteiger partial charge in [-0.05, 0) is 18.1 Å². The second-order valence-electron chi connectivity index (χ2n) is 8.29. The lowest BCUT2D eigenvalue weighted by Gasteiger charge is -2.36. The highest BCUT2D eigenvalue weighted by Crippen LogP contribution is 2.42. The highest BCUT2D eigenvalue weighted by Gasteiger charge is 2.55. The molecule has 2 N–H and O–H groups in total. The van der Waals surface area contributed by atoms with Gasteiger partial charge in [0.2, 0.25) is 5.60 Å². The second-order valence-corrected chi connectivity index (χ2v) is 8.29. The number of nitrogens with two attached hydrogens (primary N) is 1. The fourth-order valence-corrected chi connectivity index (χ4v) is 4.21. The predicted octanol–water partition coefficient (Wildman–Crippen LogP) is 3.87. The molecule has 0 aromatic heterocycles. The van der Waals surface area contributed by atoms with Gasteiger partial charge >= 0.3 is 0 Å². The van der Waals surface area contributed by atoms with Gasteiger partial charge in [0.05, 0.1) is 31.6 Å². The Morgan fingerprint density at radius 1 is 1.20 bits per heavy atom. The van der Waals surface area contributed by atoms with Crippen LogP contribution in [0, 0.1) is 11.3 Å². The van der Waals surface area contributed by atoms with E-state index < -0.39 is 11.7 Å². The minimum Gasteiger partial charge on any atom is -0.382 e. The van der Waals surface area contributed by atoms with Gasteiger partial charge in [0.15, 0.2) is 5.84 Å². The molecule has 8 nitrogen and oxygen atoms in total. The molecule has 0 radical (unpaired) electrons. The summed E-state index contributed by atoms with van der Waals surface area (Å²) in [5.41, 5.74) is 7.44. The molecule has 0 bridgehead atoms. The van der Waals surface area contributed by atoms with E-state index in [2.05, 4.69) is 22.7 Å². The van der Waals surface area contributed by atoms with Crippen molar-refractivity contribution < 1.29 is 14.2 Å². The third-order valence-electron chi connectivity index (χ3n) is 5.96. The molecule has 8 heteroatoms. The number of benzene rings is 2. The molecule has 2 aromatic carbocycles. The zero-order chi connectivity index (χ0) is 24.7. The van der Waals surface area contributed by atoms with Crippen LogP contribution in [0.15, 0.2) is 94.8 Å². The summed E-state index contributed by atoms with van der Waals surface area (Å²) in [7, 11) is 0. The minimum atomic E-state index is -1.44. The van der Waals surface area contributed by atoms with E-state index in [9.17, 15) is 5.26 Å². The van der Waals surface area contributed by atoms with E-state index in [1.54, 1.807) is 6.08 Å². The van der Waals surface area contributed by atoms with Crippen molar-refractivity contribution in [2.24, 2.45) is 15.8 Å². The molecular weight excluding hydrogens is 442 g/mol. The largest absolute Gasteiger partial charge is 0.382 e. The van der Waals surface area contributed by atoms with Crippen molar-refractivity contribution in [2.45, 2.75) is 44.4 Å². The van der Waals surface area contributed by atoms with Crippen LogP contribution in [0.5, 0.6) is 0 Å². The minimum absolute atomic E-state index is 0.218. The van der Waals surface area contributed by atoms with Gasteiger partial charge in [0.25, 0.3) is 0 Å². The molecule has 2 aromatic rings. The first-order chi connectivity index (χ1) is 17.1. The van der Waals surface area contributed by atoms with E-state index >= 15 is 0 Å². The number of nitriles is 1. The Labute approximate surface area is 205 Å². The van der Waals surface area contributed by atoms with Gasteiger partial charge in [0.1, 0.15) is 24.2 Å². The quantitative estimate of drug-likeness (QED) is 0.595. The Bertz CT molecular complexity index is 1160. The van der Waals surface area contributed by atoms with Crippen LogP contribution in [-0.2, 0) is 27.4 Å². The Kier molecular flexibility index (Phi) is 7.73. The maximum absolute atomic E-state index is 10.5. The van der Waals surface area contributed by atoms with E-state index in [-0.39, 0.29) is 11.9 Å². The van der Waals surface area contributed by atoms with E-state index in [1.807, 2.05) is 67.6 Å².